The molecule has 1 heterocycles. The molecule has 0 aliphatic carbocycles. The van der Waals surface area contributed by atoms with Gasteiger partial charge in [0.25, 0.3) is 0 Å². The van der Waals surface area contributed by atoms with E-state index in [0.717, 1.165) is 22.9 Å². The number of fused-ring (bicyclic) bond motifs is 1. The van der Waals surface area contributed by atoms with E-state index in [1.807, 2.05) is 58.2 Å². The maximum absolute atomic E-state index is 12.3. The van der Waals surface area contributed by atoms with Crippen LogP contribution in [0.2, 0.25) is 0 Å². The van der Waals surface area contributed by atoms with Crippen molar-refractivity contribution in [2.75, 3.05) is 0 Å². The third-order valence-corrected chi connectivity index (χ3v) is 2.93. The molecule has 0 radical (unpaired) electrons. The highest BCUT2D eigenvalue weighted by Gasteiger charge is 2.20. The van der Waals surface area contributed by atoms with Gasteiger partial charge in [-0.05, 0) is 45.7 Å². The fraction of sp³-hybridized carbons (Fsp3) is 0.438. The van der Waals surface area contributed by atoms with E-state index in [1.165, 1.54) is 0 Å². The Morgan fingerprint density at radius 2 is 2.00 bits per heavy atom. The van der Waals surface area contributed by atoms with Gasteiger partial charge in [0.05, 0.1) is 5.52 Å². The molecule has 0 amide bonds. The summed E-state index contributed by atoms with van der Waals surface area (Å²) in [4.78, 5) is 12.3. The first kappa shape index (κ1) is 14.6. The number of carbonyl (C=O) groups excluding carboxylic acids is 1. The minimum Gasteiger partial charge on any atom is -0.443 e. The van der Waals surface area contributed by atoms with Crippen LogP contribution in [-0.2, 0) is 11.2 Å². The van der Waals surface area contributed by atoms with Crippen molar-refractivity contribution < 1.29 is 9.53 Å². The van der Waals surface area contributed by atoms with Crippen molar-refractivity contribution in [2.24, 2.45) is 5.73 Å². The predicted octanol–water partition coefficient (Wildman–Crippen LogP) is 3.31. The molecular weight excluding hydrogens is 252 g/mol. The van der Waals surface area contributed by atoms with Crippen LogP contribution in [0.15, 0.2) is 30.5 Å². The second-order valence-corrected chi connectivity index (χ2v) is 6.20. The van der Waals surface area contributed by atoms with Crippen molar-refractivity contribution in [2.45, 2.75) is 45.8 Å². The van der Waals surface area contributed by atoms with Gasteiger partial charge in [0.1, 0.15) is 5.60 Å². The Hall–Kier alpha value is -1.81. The van der Waals surface area contributed by atoms with Gasteiger partial charge in [0.15, 0.2) is 0 Å². The van der Waals surface area contributed by atoms with Gasteiger partial charge in [-0.15, -0.1) is 0 Å². The summed E-state index contributed by atoms with van der Waals surface area (Å²) in [5.41, 5.74) is 7.30. The van der Waals surface area contributed by atoms with Crippen LogP contribution in [0.5, 0.6) is 0 Å². The molecule has 0 spiro atoms. The summed E-state index contributed by atoms with van der Waals surface area (Å²) in [5, 5.41) is 1.05. The van der Waals surface area contributed by atoms with Crippen LogP contribution in [0.25, 0.3) is 10.9 Å². The zero-order valence-electron chi connectivity index (χ0n) is 12.5. The fourth-order valence-corrected chi connectivity index (χ4v) is 2.22. The van der Waals surface area contributed by atoms with E-state index in [2.05, 4.69) is 0 Å². The average molecular weight is 274 g/mol. The number of carbonyl (C=O) groups is 1. The summed E-state index contributed by atoms with van der Waals surface area (Å²) >= 11 is 0. The molecule has 0 bridgehead atoms. The highest BCUT2D eigenvalue weighted by atomic mass is 16.6. The fourth-order valence-electron chi connectivity index (χ4n) is 2.22. The van der Waals surface area contributed by atoms with E-state index in [1.54, 1.807) is 4.57 Å². The second kappa shape index (κ2) is 5.29. The molecule has 2 N–H and O–H groups in total. The van der Waals surface area contributed by atoms with Gasteiger partial charge in [-0.2, -0.15) is 0 Å². The largest absolute Gasteiger partial charge is 0.443 e. The summed E-state index contributed by atoms with van der Waals surface area (Å²) < 4.78 is 7.01. The Balaban J connectivity index is 2.46. The summed E-state index contributed by atoms with van der Waals surface area (Å²) in [5.74, 6) is 0. The molecule has 0 saturated carbocycles. The van der Waals surface area contributed by atoms with Gasteiger partial charge >= 0.3 is 6.09 Å². The molecule has 1 atom stereocenters. The number of para-hydroxylation sites is 1. The van der Waals surface area contributed by atoms with E-state index in [9.17, 15) is 4.79 Å². The molecule has 4 nitrogen and oxygen atoms in total. The number of nitrogens with two attached hydrogens (primary N) is 1. The average Bonchev–Trinajstić information content (AvgIpc) is 2.66. The van der Waals surface area contributed by atoms with Crippen molar-refractivity contribution in [1.29, 1.82) is 0 Å². The summed E-state index contributed by atoms with van der Waals surface area (Å²) in [6.45, 7) is 7.54. The normalized spacial score (nSPS) is 13.4. The van der Waals surface area contributed by atoms with E-state index < -0.39 is 5.60 Å². The van der Waals surface area contributed by atoms with Crippen LogP contribution in [0.1, 0.15) is 33.3 Å². The molecule has 0 fully saturated rings. The zero-order valence-corrected chi connectivity index (χ0v) is 12.5. The number of rotatable bonds is 2. The smallest absolute Gasteiger partial charge is 0.419 e. The Morgan fingerprint density at radius 1 is 1.35 bits per heavy atom. The maximum atomic E-state index is 12.3. The Bertz CT molecular complexity index is 621. The summed E-state index contributed by atoms with van der Waals surface area (Å²) in [6, 6.07) is 7.86. The standard InChI is InChI=1S/C16H22N2O2/c1-11(17)9-12-10-18(15(19)20-16(2,3)4)14-8-6-5-7-13(12)14/h5-8,10-11H,9,17H2,1-4H3/t11-/m1/s1. The first-order valence-electron chi connectivity index (χ1n) is 6.86. The molecule has 0 aliphatic heterocycles. The van der Waals surface area contributed by atoms with Crippen LogP contribution in [0, 0.1) is 0 Å². The highest BCUT2D eigenvalue weighted by molar-refractivity contribution is 5.92. The third-order valence-electron chi connectivity index (χ3n) is 2.93. The predicted molar refractivity (Wildman–Crippen MR) is 80.9 cm³/mol. The van der Waals surface area contributed by atoms with Crippen LogP contribution in [-0.4, -0.2) is 22.3 Å². The molecule has 20 heavy (non-hydrogen) atoms. The lowest BCUT2D eigenvalue weighted by Crippen LogP contribution is -2.26. The van der Waals surface area contributed by atoms with Crippen LogP contribution < -0.4 is 5.73 Å². The number of benzene rings is 1. The summed E-state index contributed by atoms with van der Waals surface area (Å²) in [7, 11) is 0. The van der Waals surface area contributed by atoms with Crippen LogP contribution in [0.4, 0.5) is 4.79 Å². The molecule has 1 aromatic carbocycles. The molecular formula is C16H22N2O2. The van der Waals surface area contributed by atoms with Gasteiger partial charge in [0, 0.05) is 17.6 Å². The van der Waals surface area contributed by atoms with Crippen LogP contribution in [0.3, 0.4) is 0 Å². The van der Waals surface area contributed by atoms with Gasteiger partial charge < -0.3 is 10.5 Å². The van der Waals surface area contributed by atoms with Crippen molar-refractivity contribution in [3.63, 3.8) is 0 Å². The first-order chi connectivity index (χ1) is 9.28. The lowest BCUT2D eigenvalue weighted by atomic mass is 10.1. The van der Waals surface area contributed by atoms with Crippen molar-refractivity contribution in [3.8, 4) is 0 Å². The molecule has 2 rings (SSSR count). The molecule has 2 aromatic rings. The molecule has 0 aliphatic rings. The lowest BCUT2D eigenvalue weighted by Gasteiger charge is -2.19. The number of hydrogen-bond donors (Lipinski definition) is 1. The molecule has 4 heteroatoms. The van der Waals surface area contributed by atoms with Crippen molar-refractivity contribution >= 4 is 17.0 Å². The quantitative estimate of drug-likeness (QED) is 0.914. The number of hydrogen-bond acceptors (Lipinski definition) is 3. The maximum Gasteiger partial charge on any atom is 0.419 e. The van der Waals surface area contributed by atoms with Crippen molar-refractivity contribution in [3.05, 3.63) is 36.0 Å². The minimum atomic E-state index is -0.510. The topological polar surface area (TPSA) is 57.2 Å². The van der Waals surface area contributed by atoms with Gasteiger partial charge in [0.2, 0.25) is 0 Å². The lowest BCUT2D eigenvalue weighted by molar-refractivity contribution is 0.0544. The SMILES string of the molecule is C[C@@H](N)Cc1cn(C(=O)OC(C)(C)C)c2ccccc12. The molecule has 0 saturated heterocycles. The Morgan fingerprint density at radius 3 is 2.60 bits per heavy atom. The number of nitrogens with zero attached hydrogens (tertiary/aromatic N) is 1. The second-order valence-electron chi connectivity index (χ2n) is 6.20. The number of aromatic nitrogens is 1. The zero-order chi connectivity index (χ0) is 14.9. The van der Waals surface area contributed by atoms with Gasteiger partial charge in [-0.25, -0.2) is 4.79 Å². The number of ether oxygens (including phenoxy) is 1. The molecule has 0 unspecified atom stereocenters. The van der Waals surface area contributed by atoms with Crippen LogP contribution >= 0.6 is 0 Å². The van der Waals surface area contributed by atoms with Gasteiger partial charge in [-0.1, -0.05) is 18.2 Å². The van der Waals surface area contributed by atoms with E-state index >= 15 is 0 Å². The monoisotopic (exact) mass is 274 g/mol. The van der Waals surface area contributed by atoms with E-state index in [4.69, 9.17) is 10.5 Å². The Kier molecular flexibility index (Phi) is 3.86. The third kappa shape index (κ3) is 3.20. The first-order valence-corrected chi connectivity index (χ1v) is 6.86. The summed E-state index contributed by atoms with van der Waals surface area (Å²) in [6.07, 6.45) is 2.21. The highest BCUT2D eigenvalue weighted by Crippen LogP contribution is 2.23. The van der Waals surface area contributed by atoms with E-state index in [0.29, 0.717) is 0 Å². The Labute approximate surface area is 119 Å². The molecule has 1 aromatic heterocycles. The van der Waals surface area contributed by atoms with E-state index in [-0.39, 0.29) is 12.1 Å². The molecule has 108 valence electrons. The minimum absolute atomic E-state index is 0.0490. The van der Waals surface area contributed by atoms with Crippen molar-refractivity contribution in [1.82, 2.24) is 4.57 Å². The van der Waals surface area contributed by atoms with Gasteiger partial charge in [-0.3, -0.25) is 4.57 Å².